The summed E-state index contributed by atoms with van der Waals surface area (Å²) in [6.45, 7) is 14.0. The van der Waals surface area contributed by atoms with Crippen LogP contribution in [0.4, 0.5) is 0 Å². The summed E-state index contributed by atoms with van der Waals surface area (Å²) in [7, 11) is -9.90. The van der Waals surface area contributed by atoms with Gasteiger partial charge in [0.1, 0.15) is 19.3 Å². The van der Waals surface area contributed by atoms with Gasteiger partial charge in [-0.3, -0.25) is 37.3 Å². The van der Waals surface area contributed by atoms with Crippen LogP contribution in [0, 0.1) is 23.7 Å². The molecule has 0 aromatic heterocycles. The SMILES string of the molecule is CCC(C)CCCCCCCCC(=O)OC[C@H](COP(=O)(O)OC[C@H](O)COP(=O)(O)OC[C@@H](COC(=O)CCCCCCCCCCCCCC(C)C)OC(=O)CCCCCCCCC(C)C)OC(=O)CCCCCCCCCCCCCC(C)C. The largest absolute Gasteiger partial charge is 0.472 e. The van der Waals surface area contributed by atoms with Gasteiger partial charge in [0.15, 0.2) is 12.2 Å². The van der Waals surface area contributed by atoms with Crippen LogP contribution in [0.2, 0.25) is 0 Å². The van der Waals surface area contributed by atoms with E-state index < -0.39 is 97.5 Å². The molecular formula is C68H132O17P2. The number of aliphatic hydroxyl groups is 1. The van der Waals surface area contributed by atoms with Crippen molar-refractivity contribution in [2.24, 2.45) is 23.7 Å². The van der Waals surface area contributed by atoms with Crippen molar-refractivity contribution < 1.29 is 80.2 Å². The Labute approximate surface area is 530 Å². The molecular weight excluding hydrogens is 1150 g/mol. The van der Waals surface area contributed by atoms with Gasteiger partial charge in [-0.15, -0.1) is 0 Å². The normalized spacial score (nSPS) is 14.6. The summed E-state index contributed by atoms with van der Waals surface area (Å²) >= 11 is 0. The Hall–Kier alpha value is -1.94. The third-order valence-electron chi connectivity index (χ3n) is 15.9. The highest BCUT2D eigenvalue weighted by atomic mass is 31.2. The first-order valence-corrected chi connectivity index (χ1v) is 38.2. The number of esters is 4. The number of unbranched alkanes of at least 4 members (excludes halogenated alkanes) is 30. The van der Waals surface area contributed by atoms with Crippen molar-refractivity contribution in [2.75, 3.05) is 39.6 Å². The number of ether oxygens (including phenoxy) is 4. The molecule has 87 heavy (non-hydrogen) atoms. The van der Waals surface area contributed by atoms with Crippen LogP contribution < -0.4 is 0 Å². The monoisotopic (exact) mass is 1280 g/mol. The van der Waals surface area contributed by atoms with Crippen LogP contribution in [0.5, 0.6) is 0 Å². The molecule has 516 valence electrons. The lowest BCUT2D eigenvalue weighted by Gasteiger charge is -2.21. The second-order valence-electron chi connectivity index (χ2n) is 26.2. The van der Waals surface area contributed by atoms with Gasteiger partial charge in [0.2, 0.25) is 0 Å². The predicted molar refractivity (Wildman–Crippen MR) is 349 cm³/mol. The van der Waals surface area contributed by atoms with E-state index in [4.69, 9.17) is 37.0 Å². The van der Waals surface area contributed by atoms with Crippen molar-refractivity contribution in [1.29, 1.82) is 0 Å². The zero-order valence-electron chi connectivity index (χ0n) is 56.6. The van der Waals surface area contributed by atoms with E-state index in [1.54, 1.807) is 0 Å². The molecule has 3 N–H and O–H groups in total. The number of carbonyl (C=O) groups is 4. The van der Waals surface area contributed by atoms with E-state index in [0.717, 1.165) is 114 Å². The van der Waals surface area contributed by atoms with E-state index in [2.05, 4.69) is 55.4 Å². The van der Waals surface area contributed by atoms with E-state index in [1.807, 2.05) is 0 Å². The third kappa shape index (κ3) is 61.3. The van der Waals surface area contributed by atoms with E-state index in [-0.39, 0.29) is 25.7 Å². The summed E-state index contributed by atoms with van der Waals surface area (Å²) in [5.74, 6) is 0.800. The summed E-state index contributed by atoms with van der Waals surface area (Å²) in [6.07, 6.45) is 39.1. The van der Waals surface area contributed by atoms with Crippen molar-refractivity contribution in [3.63, 3.8) is 0 Å². The fraction of sp³-hybridized carbons (Fsp3) is 0.941. The minimum absolute atomic E-state index is 0.101. The van der Waals surface area contributed by atoms with Crippen LogP contribution in [0.3, 0.4) is 0 Å². The molecule has 0 fully saturated rings. The smallest absolute Gasteiger partial charge is 0.462 e. The fourth-order valence-electron chi connectivity index (χ4n) is 10.1. The van der Waals surface area contributed by atoms with Crippen molar-refractivity contribution in [2.45, 2.75) is 350 Å². The van der Waals surface area contributed by atoms with Gasteiger partial charge in [-0.2, -0.15) is 0 Å². The molecule has 0 aromatic rings. The molecule has 0 rings (SSSR count). The zero-order chi connectivity index (χ0) is 64.7. The van der Waals surface area contributed by atoms with Crippen LogP contribution in [-0.4, -0.2) is 96.7 Å². The molecule has 0 aliphatic heterocycles. The number of carbonyl (C=O) groups excluding carboxylic acids is 4. The second kappa shape index (κ2) is 57.9. The van der Waals surface area contributed by atoms with Crippen LogP contribution in [0.15, 0.2) is 0 Å². The Morgan fingerprint density at radius 3 is 0.816 bits per heavy atom. The van der Waals surface area contributed by atoms with Gasteiger partial charge in [0.25, 0.3) is 0 Å². The molecule has 3 unspecified atom stereocenters. The van der Waals surface area contributed by atoms with Gasteiger partial charge in [-0.05, 0) is 49.4 Å². The molecule has 0 aliphatic carbocycles. The first-order chi connectivity index (χ1) is 41.6. The Morgan fingerprint density at radius 1 is 0.322 bits per heavy atom. The Morgan fingerprint density at radius 2 is 0.552 bits per heavy atom. The molecule has 0 heterocycles. The lowest BCUT2D eigenvalue weighted by atomic mass is 10.00. The Balaban J connectivity index is 5.23. The molecule has 0 saturated carbocycles. The van der Waals surface area contributed by atoms with E-state index in [0.29, 0.717) is 31.6 Å². The highest BCUT2D eigenvalue weighted by Crippen LogP contribution is 2.45. The Bertz CT molecular complexity index is 1730. The highest BCUT2D eigenvalue weighted by Gasteiger charge is 2.30. The molecule has 0 radical (unpaired) electrons. The first kappa shape index (κ1) is 85.1. The fourth-order valence-corrected chi connectivity index (χ4v) is 11.7. The van der Waals surface area contributed by atoms with Gasteiger partial charge in [-0.1, -0.05) is 280 Å². The number of hydrogen-bond donors (Lipinski definition) is 3. The lowest BCUT2D eigenvalue weighted by molar-refractivity contribution is -0.161. The van der Waals surface area contributed by atoms with Crippen molar-refractivity contribution in [3.05, 3.63) is 0 Å². The number of phosphoric ester groups is 2. The molecule has 0 amide bonds. The number of phosphoric acid groups is 2. The van der Waals surface area contributed by atoms with Crippen LogP contribution in [-0.2, 0) is 65.4 Å². The van der Waals surface area contributed by atoms with E-state index >= 15 is 0 Å². The Kier molecular flexibility index (Phi) is 56.6. The van der Waals surface area contributed by atoms with E-state index in [9.17, 15) is 43.2 Å². The summed E-state index contributed by atoms with van der Waals surface area (Å²) < 4.78 is 68.1. The first-order valence-electron chi connectivity index (χ1n) is 35.2. The topological polar surface area (TPSA) is 237 Å². The molecule has 0 aliphatic rings. The second-order valence-corrected chi connectivity index (χ2v) is 29.1. The average Bonchev–Trinajstić information content (AvgIpc) is 3.66. The van der Waals surface area contributed by atoms with Gasteiger partial charge >= 0.3 is 39.5 Å². The molecule has 17 nitrogen and oxygen atoms in total. The van der Waals surface area contributed by atoms with E-state index in [1.165, 1.54) is 128 Å². The van der Waals surface area contributed by atoms with Crippen LogP contribution in [0.25, 0.3) is 0 Å². The molecule has 0 spiro atoms. The average molecular weight is 1280 g/mol. The number of hydrogen-bond acceptors (Lipinski definition) is 15. The summed E-state index contributed by atoms with van der Waals surface area (Å²) in [4.78, 5) is 72.4. The highest BCUT2D eigenvalue weighted by molar-refractivity contribution is 7.47. The molecule has 0 bridgehead atoms. The standard InChI is InChI=1S/C68H132O17P2/c1-9-61(8)47-39-31-25-27-33-41-49-66(71)79-55-63(84-67(72)50-42-34-23-19-15-11-13-17-21-29-37-45-59(4)5)56-82-86(74,75)80-52-62(69)53-81-87(76,77)83-57-64(85-68(73)51-43-35-26-24-30-38-46-60(6)7)54-78-65(70)48-40-32-22-18-14-10-12-16-20-28-36-44-58(2)3/h58-64,69H,9-57H2,1-8H3,(H,74,75)(H,76,77)/t61?,62-,63+,64+/m0/s1. The quantitative estimate of drug-likeness (QED) is 0.0222. The van der Waals surface area contributed by atoms with Crippen molar-refractivity contribution in [1.82, 2.24) is 0 Å². The summed E-state index contributed by atoms with van der Waals surface area (Å²) in [6, 6.07) is 0. The maximum atomic E-state index is 13.0. The van der Waals surface area contributed by atoms with Gasteiger partial charge in [0.05, 0.1) is 26.4 Å². The lowest BCUT2D eigenvalue weighted by Crippen LogP contribution is -2.30. The van der Waals surface area contributed by atoms with Gasteiger partial charge < -0.3 is 33.8 Å². The van der Waals surface area contributed by atoms with Crippen molar-refractivity contribution in [3.8, 4) is 0 Å². The predicted octanol–water partition coefficient (Wildman–Crippen LogP) is 18.9. The van der Waals surface area contributed by atoms with Crippen LogP contribution in [0.1, 0.15) is 331 Å². The maximum Gasteiger partial charge on any atom is 0.472 e. The number of rotatable bonds is 65. The van der Waals surface area contributed by atoms with Crippen molar-refractivity contribution >= 4 is 39.5 Å². The molecule has 0 saturated heterocycles. The molecule has 0 aromatic carbocycles. The summed E-state index contributed by atoms with van der Waals surface area (Å²) in [5.41, 5.74) is 0. The van der Waals surface area contributed by atoms with Crippen LogP contribution >= 0.6 is 15.6 Å². The van der Waals surface area contributed by atoms with Gasteiger partial charge in [-0.25, -0.2) is 9.13 Å². The number of aliphatic hydroxyl groups excluding tert-OH is 1. The summed E-state index contributed by atoms with van der Waals surface area (Å²) in [5, 5.41) is 10.6. The third-order valence-corrected chi connectivity index (χ3v) is 17.8. The maximum absolute atomic E-state index is 13.0. The molecule has 19 heteroatoms. The van der Waals surface area contributed by atoms with Gasteiger partial charge in [0, 0.05) is 25.7 Å². The minimum Gasteiger partial charge on any atom is -0.462 e. The zero-order valence-corrected chi connectivity index (χ0v) is 58.4. The minimum atomic E-state index is -4.95. The molecule has 6 atom stereocenters.